The Morgan fingerprint density at radius 1 is 1.06 bits per heavy atom. The van der Waals surface area contributed by atoms with Crippen LogP contribution in [0.15, 0.2) is 18.2 Å². The number of nitrogens with one attached hydrogen (secondary N) is 2. The normalized spacial score (nSPS) is 27.1. The second-order valence-corrected chi connectivity index (χ2v) is 17.4. The number of fused-ring (bicyclic) bond motifs is 1. The van der Waals surface area contributed by atoms with Crippen LogP contribution in [0.3, 0.4) is 0 Å². The molecule has 0 spiro atoms. The first-order chi connectivity index (χ1) is 23.5. The minimum Gasteiger partial charge on any atom is -0.496 e. The fourth-order valence-electron chi connectivity index (χ4n) is 8.36. The zero-order chi connectivity index (χ0) is 35.9. The molecule has 13 heteroatoms. The summed E-state index contributed by atoms with van der Waals surface area (Å²) in [6.45, 7) is 13.8. The Kier molecular flexibility index (Phi) is 8.23. The molecule has 4 N–H and O–H groups in total. The first-order valence-corrected chi connectivity index (χ1v) is 18.3. The van der Waals surface area contributed by atoms with Crippen molar-refractivity contribution in [1.29, 1.82) is 0 Å². The highest BCUT2D eigenvalue weighted by Crippen LogP contribution is 2.93. The van der Waals surface area contributed by atoms with E-state index in [1.807, 2.05) is 52.8 Å². The van der Waals surface area contributed by atoms with E-state index >= 15 is 0 Å². The predicted molar refractivity (Wildman–Crippen MR) is 191 cm³/mol. The molecule has 0 radical (unpaired) electrons. The number of pyridine rings is 1. The van der Waals surface area contributed by atoms with Crippen molar-refractivity contribution in [3.63, 3.8) is 0 Å². The van der Waals surface area contributed by atoms with E-state index in [2.05, 4.69) is 24.5 Å². The Morgan fingerprint density at radius 3 is 2.38 bits per heavy atom. The Labute approximate surface area is 296 Å². The molecule has 1 aromatic carbocycles. The highest BCUT2D eigenvalue weighted by atomic mass is 32.1. The number of thiazole rings is 1. The molecular weight excluding hydrogens is 657 g/mol. The number of carbonyl (C=O) groups excluding carboxylic acids is 3. The van der Waals surface area contributed by atoms with Crippen LogP contribution in [0.2, 0.25) is 0 Å². The molecule has 1 aliphatic heterocycles. The Morgan fingerprint density at radius 2 is 1.76 bits per heavy atom. The molecule has 3 amide bonds. The molecule has 50 heavy (non-hydrogen) atoms. The molecule has 1 saturated heterocycles. The van der Waals surface area contributed by atoms with Gasteiger partial charge in [-0.3, -0.25) is 9.59 Å². The monoisotopic (exact) mass is 704 g/mol. The van der Waals surface area contributed by atoms with Crippen LogP contribution in [0.25, 0.3) is 22.3 Å². The number of ether oxygens (including phenoxy) is 3. The molecular formula is C37H48N6O6S. The number of benzene rings is 1. The van der Waals surface area contributed by atoms with Crippen molar-refractivity contribution in [3.05, 3.63) is 28.6 Å². The van der Waals surface area contributed by atoms with E-state index in [1.54, 1.807) is 18.4 Å². The molecule has 3 aliphatic carbocycles. The maximum Gasteiger partial charge on any atom is 0.408 e. The summed E-state index contributed by atoms with van der Waals surface area (Å²) in [6, 6.07) is 4.00. The maximum absolute atomic E-state index is 14.2. The molecule has 4 fully saturated rings. The average Bonchev–Trinajstić information content (AvgIpc) is 3.47. The van der Waals surface area contributed by atoms with Crippen molar-refractivity contribution in [2.75, 3.05) is 19.0 Å². The van der Waals surface area contributed by atoms with E-state index in [0.717, 1.165) is 39.5 Å². The van der Waals surface area contributed by atoms with E-state index in [9.17, 15) is 14.4 Å². The van der Waals surface area contributed by atoms with Crippen LogP contribution in [-0.2, 0) is 14.3 Å². The molecule has 3 atom stereocenters. The first-order valence-electron chi connectivity index (χ1n) is 17.5. The summed E-state index contributed by atoms with van der Waals surface area (Å²) in [5, 5.41) is 7.79. The van der Waals surface area contributed by atoms with Crippen LogP contribution in [-0.4, -0.2) is 76.8 Å². The number of nitrogens with zero attached hydrogens (tertiary/aromatic N) is 3. The number of hydrogen-bond donors (Lipinski definition) is 3. The third-order valence-electron chi connectivity index (χ3n) is 11.1. The highest BCUT2D eigenvalue weighted by molar-refractivity contribution is 7.16. The van der Waals surface area contributed by atoms with Gasteiger partial charge in [0.2, 0.25) is 11.8 Å². The third-order valence-corrected chi connectivity index (χ3v) is 12.0. The minimum atomic E-state index is -0.942. The molecule has 3 aromatic rings. The summed E-state index contributed by atoms with van der Waals surface area (Å²) in [5.74, 6) is 0.205. The number of amides is 3. The number of alkyl carbamates (subject to hydrolysis) is 1. The van der Waals surface area contributed by atoms with E-state index in [-0.39, 0.29) is 25.1 Å². The predicted octanol–water partition coefficient (Wildman–Crippen LogP) is 5.72. The van der Waals surface area contributed by atoms with Crippen LogP contribution in [0, 0.1) is 30.1 Å². The van der Waals surface area contributed by atoms with Gasteiger partial charge in [0.25, 0.3) is 0 Å². The zero-order valence-corrected chi connectivity index (χ0v) is 31.0. The summed E-state index contributed by atoms with van der Waals surface area (Å²) in [5.41, 5.74) is 8.97. The topological polar surface area (TPSA) is 158 Å². The molecule has 268 valence electrons. The van der Waals surface area contributed by atoms with Gasteiger partial charge >= 0.3 is 6.09 Å². The van der Waals surface area contributed by atoms with Gasteiger partial charge in [0.05, 0.1) is 24.9 Å². The molecule has 3 heterocycles. The quantitative estimate of drug-likeness (QED) is 0.240. The summed E-state index contributed by atoms with van der Waals surface area (Å²) < 4.78 is 18.1. The Bertz CT molecular complexity index is 1860. The van der Waals surface area contributed by atoms with Crippen molar-refractivity contribution in [2.45, 2.75) is 111 Å². The van der Waals surface area contributed by atoms with Crippen LogP contribution >= 0.6 is 11.3 Å². The minimum absolute atomic E-state index is 0.107. The van der Waals surface area contributed by atoms with Gasteiger partial charge in [-0.2, -0.15) is 0 Å². The lowest BCUT2D eigenvalue weighted by molar-refractivity contribution is -0.141. The van der Waals surface area contributed by atoms with Crippen molar-refractivity contribution in [2.24, 2.45) is 22.0 Å². The molecule has 2 unspecified atom stereocenters. The summed E-state index contributed by atoms with van der Waals surface area (Å²) in [6.07, 6.45) is 3.22. The molecule has 2 aromatic heterocycles. The molecule has 12 nitrogen and oxygen atoms in total. The smallest absolute Gasteiger partial charge is 0.408 e. The Balaban J connectivity index is 1.14. The summed E-state index contributed by atoms with van der Waals surface area (Å²) in [7, 11) is 1.62. The molecule has 3 saturated carbocycles. The van der Waals surface area contributed by atoms with Crippen LogP contribution in [0.4, 0.5) is 9.93 Å². The van der Waals surface area contributed by atoms with Gasteiger partial charge in [-0.25, -0.2) is 14.8 Å². The van der Waals surface area contributed by atoms with Crippen LogP contribution in [0.1, 0.15) is 77.2 Å². The number of hydrogen-bond acceptors (Lipinski definition) is 10. The number of aryl methyl sites for hydroxylation is 2. The van der Waals surface area contributed by atoms with E-state index < -0.39 is 41.5 Å². The summed E-state index contributed by atoms with van der Waals surface area (Å²) in [4.78, 5) is 52.5. The fourth-order valence-corrected chi connectivity index (χ4v) is 9.33. The van der Waals surface area contributed by atoms with E-state index in [4.69, 9.17) is 29.9 Å². The number of rotatable bonds is 10. The highest BCUT2D eigenvalue weighted by Gasteiger charge is 2.86. The second kappa shape index (κ2) is 12.0. The standard InChI is InChI=1S/C37H48N6O6S/c1-18(2)39-33-41-29(20(4)50-33)24-12-27(23-9-10-26(47-8)19(3)28(23)40-24)48-21-11-25(31(38)44)43(15-21)32(45)30(35(5,6)7)42-34(46)49-22-13-36-16-37(36,14-22)17-36/h9-10,12,18,21-22,25,30H,11,13-17H2,1-8H3,(H2,38,44)(H,39,41)(H,42,46)/t21?,22?,25?,30-,36?,37?/m1/s1. The lowest BCUT2D eigenvalue weighted by atomic mass is 9.85. The fraction of sp³-hybridized carbons (Fsp3) is 0.595. The van der Waals surface area contributed by atoms with Crippen LogP contribution < -0.4 is 25.8 Å². The zero-order valence-electron chi connectivity index (χ0n) is 30.1. The van der Waals surface area contributed by atoms with Gasteiger partial charge < -0.3 is 35.5 Å². The van der Waals surface area contributed by atoms with E-state index in [0.29, 0.717) is 33.5 Å². The number of nitrogens with two attached hydrogens (primary N) is 1. The van der Waals surface area contributed by atoms with Gasteiger partial charge in [-0.05, 0) is 81.8 Å². The van der Waals surface area contributed by atoms with Crippen molar-refractivity contribution >= 4 is 45.3 Å². The number of likely N-dealkylation sites (tertiary alicyclic amines) is 1. The van der Waals surface area contributed by atoms with E-state index in [1.165, 1.54) is 17.7 Å². The van der Waals surface area contributed by atoms with Gasteiger partial charge in [-0.1, -0.05) is 20.8 Å². The maximum atomic E-state index is 14.2. The molecule has 7 rings (SSSR count). The molecule has 0 bridgehead atoms. The number of carbonyl (C=O) groups is 3. The van der Waals surface area contributed by atoms with Crippen molar-refractivity contribution in [3.8, 4) is 22.9 Å². The third kappa shape index (κ3) is 6.01. The Hall–Kier alpha value is -4.13. The second-order valence-electron chi connectivity index (χ2n) is 16.2. The van der Waals surface area contributed by atoms with Crippen molar-refractivity contribution in [1.82, 2.24) is 20.2 Å². The average molecular weight is 705 g/mol. The SMILES string of the molecule is COc1ccc2c(OC3CC(C(N)=O)N(C(=O)[C@@H](NC(=O)OC4CC56CC5(C4)C6)C(C)(C)C)C3)cc(-c3nc(NC(C)C)sc3C)nc2c1C. The number of primary amides is 1. The van der Waals surface area contributed by atoms with Gasteiger partial charge in [0.15, 0.2) is 5.13 Å². The lowest BCUT2D eigenvalue weighted by Gasteiger charge is -2.35. The van der Waals surface area contributed by atoms with Crippen LogP contribution in [0.5, 0.6) is 11.5 Å². The number of anilines is 1. The first kappa shape index (κ1) is 34.3. The molecule has 4 aliphatic rings. The number of aromatic nitrogens is 2. The van der Waals surface area contributed by atoms with Gasteiger partial charge in [0.1, 0.15) is 41.5 Å². The summed E-state index contributed by atoms with van der Waals surface area (Å²) >= 11 is 1.56. The largest absolute Gasteiger partial charge is 0.496 e. The van der Waals surface area contributed by atoms with Crippen molar-refractivity contribution < 1.29 is 28.6 Å². The van der Waals surface area contributed by atoms with Gasteiger partial charge in [-0.15, -0.1) is 11.3 Å². The lowest BCUT2D eigenvalue weighted by Crippen LogP contribution is -2.57. The van der Waals surface area contributed by atoms with Gasteiger partial charge in [0, 0.05) is 34.4 Å². The number of methoxy groups -OCH3 is 1.